The molecule has 0 bridgehead atoms. The van der Waals surface area contributed by atoms with Crippen LogP contribution in [0.1, 0.15) is 59.3 Å². The number of hydrogen-bond acceptors (Lipinski definition) is 3. The number of amides is 2. The first-order valence-electron chi connectivity index (χ1n) is 8.62. The van der Waals surface area contributed by atoms with Gasteiger partial charge < -0.3 is 15.4 Å². The Morgan fingerprint density at radius 1 is 1.43 bits per heavy atom. The van der Waals surface area contributed by atoms with Crippen molar-refractivity contribution in [1.29, 1.82) is 0 Å². The second-order valence-electron chi connectivity index (χ2n) is 7.27. The van der Waals surface area contributed by atoms with Crippen LogP contribution in [0, 0.1) is 5.41 Å². The Morgan fingerprint density at radius 3 is 2.83 bits per heavy atom. The minimum absolute atomic E-state index is 0.0844. The molecule has 0 aromatic heterocycles. The summed E-state index contributed by atoms with van der Waals surface area (Å²) >= 11 is 0. The highest BCUT2D eigenvalue weighted by Gasteiger charge is 2.26. The van der Waals surface area contributed by atoms with Crippen LogP contribution in [0.3, 0.4) is 0 Å². The lowest BCUT2D eigenvalue weighted by Gasteiger charge is -2.20. The van der Waals surface area contributed by atoms with E-state index in [0.717, 1.165) is 25.7 Å². The summed E-state index contributed by atoms with van der Waals surface area (Å²) in [6.07, 6.45) is 8.92. The standard InChI is InChI=1S/C18H32N2O3/c1-18(2,3)12-8-5-6-11-15(23-4)17(22)20-14-10-7-9-13-19-16(14)21/h8,12,14-15H,5-7,9-11,13H2,1-4H3,(H,19,21)(H,20,22)/b12-8+/t14-,15+/m0/s1. The summed E-state index contributed by atoms with van der Waals surface area (Å²) in [5.74, 6) is -0.270. The molecular formula is C18H32N2O3. The van der Waals surface area contributed by atoms with E-state index in [4.69, 9.17) is 4.74 Å². The van der Waals surface area contributed by atoms with Crippen molar-refractivity contribution >= 4 is 11.8 Å². The molecule has 1 heterocycles. The van der Waals surface area contributed by atoms with E-state index >= 15 is 0 Å². The molecular weight excluding hydrogens is 292 g/mol. The van der Waals surface area contributed by atoms with Crippen LogP contribution in [0.5, 0.6) is 0 Å². The van der Waals surface area contributed by atoms with Crippen molar-refractivity contribution < 1.29 is 14.3 Å². The van der Waals surface area contributed by atoms with Gasteiger partial charge in [0.05, 0.1) is 0 Å². The zero-order chi connectivity index (χ0) is 17.3. The molecule has 1 aliphatic heterocycles. The maximum Gasteiger partial charge on any atom is 0.249 e. The van der Waals surface area contributed by atoms with Gasteiger partial charge >= 0.3 is 0 Å². The molecule has 0 aromatic carbocycles. The fraction of sp³-hybridized carbons (Fsp3) is 0.778. The molecule has 1 fully saturated rings. The second-order valence-corrected chi connectivity index (χ2v) is 7.27. The van der Waals surface area contributed by atoms with E-state index in [9.17, 15) is 9.59 Å². The van der Waals surface area contributed by atoms with Gasteiger partial charge in [0.1, 0.15) is 12.1 Å². The zero-order valence-corrected chi connectivity index (χ0v) is 15.0. The minimum Gasteiger partial charge on any atom is -0.372 e. The molecule has 5 nitrogen and oxygen atoms in total. The van der Waals surface area contributed by atoms with Gasteiger partial charge in [-0.05, 0) is 43.9 Å². The number of rotatable bonds is 7. The van der Waals surface area contributed by atoms with Crippen molar-refractivity contribution in [2.75, 3.05) is 13.7 Å². The van der Waals surface area contributed by atoms with Gasteiger partial charge in [-0.25, -0.2) is 0 Å². The van der Waals surface area contributed by atoms with Gasteiger partial charge in [-0.1, -0.05) is 32.9 Å². The maximum absolute atomic E-state index is 12.3. The third-order valence-electron chi connectivity index (χ3n) is 3.88. The summed E-state index contributed by atoms with van der Waals surface area (Å²) in [5, 5.41) is 5.66. The summed E-state index contributed by atoms with van der Waals surface area (Å²) < 4.78 is 5.30. The number of hydrogen-bond donors (Lipinski definition) is 2. The van der Waals surface area contributed by atoms with Gasteiger partial charge in [-0.3, -0.25) is 9.59 Å². The summed E-state index contributed by atoms with van der Waals surface area (Å²) in [5.41, 5.74) is 0.185. The van der Waals surface area contributed by atoms with Gasteiger partial charge in [0.25, 0.3) is 0 Å². The normalized spacial score (nSPS) is 20.9. The lowest BCUT2D eigenvalue weighted by Crippen LogP contribution is -2.49. The molecule has 2 N–H and O–H groups in total. The summed E-state index contributed by atoms with van der Waals surface area (Å²) in [6, 6.07) is -0.427. The Balaban J connectivity index is 2.39. The Labute approximate surface area is 140 Å². The van der Waals surface area contributed by atoms with Crippen LogP contribution in [-0.2, 0) is 14.3 Å². The average Bonchev–Trinajstić information content (AvgIpc) is 2.67. The monoisotopic (exact) mass is 324 g/mol. The van der Waals surface area contributed by atoms with Gasteiger partial charge in [-0.2, -0.15) is 0 Å². The molecule has 0 unspecified atom stereocenters. The predicted molar refractivity (Wildman–Crippen MR) is 92.0 cm³/mol. The first-order chi connectivity index (χ1) is 10.8. The summed E-state index contributed by atoms with van der Waals surface area (Å²) in [4.78, 5) is 24.2. The Morgan fingerprint density at radius 2 is 2.17 bits per heavy atom. The van der Waals surface area contributed by atoms with Crippen LogP contribution in [0.25, 0.3) is 0 Å². The first-order valence-corrected chi connectivity index (χ1v) is 8.62. The fourth-order valence-electron chi connectivity index (χ4n) is 2.56. The predicted octanol–water partition coefficient (Wildman–Crippen LogP) is 2.56. The van der Waals surface area contributed by atoms with Crippen LogP contribution in [0.2, 0.25) is 0 Å². The van der Waals surface area contributed by atoms with Crippen LogP contribution in [0.4, 0.5) is 0 Å². The third kappa shape index (κ3) is 8.16. The molecule has 132 valence electrons. The summed E-state index contributed by atoms with van der Waals surface area (Å²) in [6.45, 7) is 7.17. The highest BCUT2D eigenvalue weighted by molar-refractivity contribution is 5.89. The quantitative estimate of drug-likeness (QED) is 0.559. The SMILES string of the molecule is CO[C@H](CCC/C=C/C(C)(C)C)C(=O)N[C@H]1CCCCNC1=O. The maximum atomic E-state index is 12.3. The van der Waals surface area contributed by atoms with E-state index in [1.165, 1.54) is 0 Å². The highest BCUT2D eigenvalue weighted by Crippen LogP contribution is 2.16. The van der Waals surface area contributed by atoms with E-state index in [1.54, 1.807) is 7.11 Å². The lowest BCUT2D eigenvalue weighted by atomic mass is 9.95. The van der Waals surface area contributed by atoms with Crippen molar-refractivity contribution in [3.63, 3.8) is 0 Å². The van der Waals surface area contributed by atoms with Crippen LogP contribution >= 0.6 is 0 Å². The van der Waals surface area contributed by atoms with E-state index in [2.05, 4.69) is 43.6 Å². The molecule has 1 saturated heterocycles. The van der Waals surface area contributed by atoms with Gasteiger partial charge in [0.2, 0.25) is 11.8 Å². The van der Waals surface area contributed by atoms with Crippen LogP contribution in [0.15, 0.2) is 12.2 Å². The van der Waals surface area contributed by atoms with Crippen molar-refractivity contribution in [3.05, 3.63) is 12.2 Å². The van der Waals surface area contributed by atoms with Crippen LogP contribution < -0.4 is 10.6 Å². The topological polar surface area (TPSA) is 67.4 Å². The largest absolute Gasteiger partial charge is 0.372 e. The number of unbranched alkanes of at least 4 members (excludes halogenated alkanes) is 1. The lowest BCUT2D eigenvalue weighted by molar-refractivity contribution is -0.135. The second kappa shape index (κ2) is 9.71. The number of allylic oxidation sites excluding steroid dienone is 2. The van der Waals surface area contributed by atoms with Crippen molar-refractivity contribution in [2.45, 2.75) is 71.4 Å². The van der Waals surface area contributed by atoms with Crippen molar-refractivity contribution in [3.8, 4) is 0 Å². The number of ether oxygens (including phenoxy) is 1. The molecule has 2 amide bonds. The van der Waals surface area contributed by atoms with Gasteiger partial charge in [0, 0.05) is 13.7 Å². The first kappa shape index (κ1) is 19.7. The zero-order valence-electron chi connectivity index (χ0n) is 15.0. The van der Waals surface area contributed by atoms with E-state index < -0.39 is 12.1 Å². The van der Waals surface area contributed by atoms with Gasteiger partial charge in [0.15, 0.2) is 0 Å². The molecule has 0 spiro atoms. The summed E-state index contributed by atoms with van der Waals surface area (Å²) in [7, 11) is 1.54. The van der Waals surface area contributed by atoms with E-state index in [0.29, 0.717) is 19.4 Å². The van der Waals surface area contributed by atoms with Crippen LogP contribution in [-0.4, -0.2) is 37.6 Å². The Kier molecular flexibility index (Phi) is 8.31. The molecule has 0 aliphatic carbocycles. The smallest absolute Gasteiger partial charge is 0.249 e. The molecule has 1 rings (SSSR count). The fourth-order valence-corrected chi connectivity index (χ4v) is 2.56. The van der Waals surface area contributed by atoms with Crippen molar-refractivity contribution in [1.82, 2.24) is 10.6 Å². The Hall–Kier alpha value is -1.36. The number of carbonyl (C=O) groups is 2. The average molecular weight is 324 g/mol. The molecule has 2 atom stereocenters. The molecule has 0 radical (unpaired) electrons. The molecule has 1 aliphatic rings. The minimum atomic E-state index is -0.492. The van der Waals surface area contributed by atoms with Crippen molar-refractivity contribution in [2.24, 2.45) is 5.41 Å². The molecule has 23 heavy (non-hydrogen) atoms. The molecule has 0 aromatic rings. The highest BCUT2D eigenvalue weighted by atomic mass is 16.5. The Bertz CT molecular complexity index is 413. The van der Waals surface area contributed by atoms with Gasteiger partial charge in [-0.15, -0.1) is 0 Å². The molecule has 5 heteroatoms. The van der Waals surface area contributed by atoms with E-state index in [-0.39, 0.29) is 17.2 Å². The number of methoxy groups -OCH3 is 1. The van der Waals surface area contributed by atoms with E-state index in [1.807, 2.05) is 0 Å². The third-order valence-corrected chi connectivity index (χ3v) is 3.88. The number of nitrogens with one attached hydrogen (secondary N) is 2. The molecule has 0 saturated carbocycles. The number of carbonyl (C=O) groups excluding carboxylic acids is 2.